The highest BCUT2D eigenvalue weighted by Gasteiger charge is 2.10. The first-order chi connectivity index (χ1) is 6.41. The lowest BCUT2D eigenvalue weighted by molar-refractivity contribution is 0.303. The molecule has 2 N–H and O–H groups in total. The summed E-state index contributed by atoms with van der Waals surface area (Å²) in [5.74, 6) is 0.897. The molecule has 0 aliphatic heterocycles. The Bertz CT molecular complexity index is 239. The lowest BCUT2D eigenvalue weighted by Crippen LogP contribution is -2.32. The summed E-state index contributed by atoms with van der Waals surface area (Å²) in [6.07, 6.45) is 0. The molecule has 0 saturated carbocycles. The SMILES string of the molecule is CCS(=O)(=O)CCN(C)CC(C)CN. The van der Waals surface area contributed by atoms with Crippen LogP contribution < -0.4 is 5.73 Å². The predicted octanol–water partition coefficient (Wildman–Crippen LogP) is -0.0523. The minimum atomic E-state index is -2.83. The molecule has 14 heavy (non-hydrogen) atoms. The number of hydrogen-bond donors (Lipinski definition) is 1. The fraction of sp³-hybridized carbons (Fsp3) is 1.00. The van der Waals surface area contributed by atoms with Crippen LogP contribution in [0.15, 0.2) is 0 Å². The van der Waals surface area contributed by atoms with Gasteiger partial charge in [-0.05, 0) is 19.5 Å². The first kappa shape index (κ1) is 13.9. The normalized spacial score (nSPS) is 14.6. The van der Waals surface area contributed by atoms with Crippen molar-refractivity contribution in [2.75, 3.05) is 38.2 Å². The zero-order chi connectivity index (χ0) is 11.2. The summed E-state index contributed by atoms with van der Waals surface area (Å²) in [4.78, 5) is 2.02. The van der Waals surface area contributed by atoms with E-state index in [0.29, 0.717) is 19.0 Å². The van der Waals surface area contributed by atoms with Crippen LogP contribution in [0.3, 0.4) is 0 Å². The van der Waals surface area contributed by atoms with E-state index in [4.69, 9.17) is 5.73 Å². The van der Waals surface area contributed by atoms with Crippen LogP contribution in [0.4, 0.5) is 0 Å². The van der Waals surface area contributed by atoms with Gasteiger partial charge < -0.3 is 10.6 Å². The van der Waals surface area contributed by atoms with Gasteiger partial charge in [-0.3, -0.25) is 0 Å². The lowest BCUT2D eigenvalue weighted by Gasteiger charge is -2.19. The van der Waals surface area contributed by atoms with Crippen molar-refractivity contribution < 1.29 is 8.42 Å². The Balaban J connectivity index is 3.80. The number of hydrogen-bond acceptors (Lipinski definition) is 4. The zero-order valence-corrected chi connectivity index (χ0v) is 10.2. The molecular weight excluding hydrogens is 200 g/mol. The molecule has 0 aromatic carbocycles. The van der Waals surface area contributed by atoms with Crippen LogP contribution in [0.5, 0.6) is 0 Å². The molecule has 5 heteroatoms. The molecular formula is C9H22N2O2S. The molecule has 0 fully saturated rings. The van der Waals surface area contributed by atoms with Crippen LogP contribution in [0.25, 0.3) is 0 Å². The summed E-state index contributed by atoms with van der Waals surface area (Å²) < 4.78 is 22.4. The van der Waals surface area contributed by atoms with Gasteiger partial charge in [0.25, 0.3) is 0 Å². The lowest BCUT2D eigenvalue weighted by atomic mass is 10.2. The van der Waals surface area contributed by atoms with E-state index < -0.39 is 9.84 Å². The molecule has 0 amide bonds. The summed E-state index contributed by atoms with van der Waals surface area (Å²) in [6.45, 7) is 5.84. The molecule has 1 atom stereocenters. The van der Waals surface area contributed by atoms with Crippen molar-refractivity contribution >= 4 is 9.84 Å². The highest BCUT2D eigenvalue weighted by atomic mass is 32.2. The summed E-state index contributed by atoms with van der Waals surface area (Å²) in [5.41, 5.74) is 5.48. The molecule has 0 aromatic heterocycles. The minimum Gasteiger partial charge on any atom is -0.330 e. The molecule has 1 unspecified atom stereocenters. The van der Waals surface area contributed by atoms with Gasteiger partial charge in [-0.1, -0.05) is 13.8 Å². The number of nitrogens with zero attached hydrogens (tertiary/aromatic N) is 1. The Labute approximate surface area is 87.4 Å². The molecule has 0 rings (SSSR count). The topological polar surface area (TPSA) is 63.4 Å². The van der Waals surface area contributed by atoms with Crippen LogP contribution in [0, 0.1) is 5.92 Å². The molecule has 86 valence electrons. The molecule has 0 aromatic rings. The van der Waals surface area contributed by atoms with Crippen LogP contribution in [-0.4, -0.2) is 51.5 Å². The average Bonchev–Trinajstić information content (AvgIpc) is 2.15. The Hall–Kier alpha value is -0.130. The molecule has 0 aliphatic rings. The summed E-state index contributed by atoms with van der Waals surface area (Å²) in [5, 5.41) is 0. The first-order valence-corrected chi connectivity index (χ1v) is 6.82. The van der Waals surface area contributed by atoms with Crippen molar-refractivity contribution in [2.45, 2.75) is 13.8 Å². The number of sulfone groups is 1. The van der Waals surface area contributed by atoms with Crippen LogP contribution in [0.2, 0.25) is 0 Å². The van der Waals surface area contributed by atoms with Crippen molar-refractivity contribution in [3.8, 4) is 0 Å². The van der Waals surface area contributed by atoms with Crippen molar-refractivity contribution in [3.05, 3.63) is 0 Å². The molecule has 0 radical (unpaired) electrons. The van der Waals surface area contributed by atoms with E-state index in [0.717, 1.165) is 6.54 Å². The van der Waals surface area contributed by atoms with Crippen LogP contribution >= 0.6 is 0 Å². The number of nitrogens with two attached hydrogens (primary N) is 1. The molecule has 0 bridgehead atoms. The van der Waals surface area contributed by atoms with Crippen molar-refractivity contribution in [1.29, 1.82) is 0 Å². The average molecular weight is 222 g/mol. The largest absolute Gasteiger partial charge is 0.330 e. The van der Waals surface area contributed by atoms with Crippen LogP contribution in [0.1, 0.15) is 13.8 Å². The Morgan fingerprint density at radius 3 is 2.43 bits per heavy atom. The highest BCUT2D eigenvalue weighted by molar-refractivity contribution is 7.91. The molecule has 4 nitrogen and oxygen atoms in total. The predicted molar refractivity (Wildman–Crippen MR) is 60.0 cm³/mol. The van der Waals surface area contributed by atoms with E-state index in [1.54, 1.807) is 6.92 Å². The highest BCUT2D eigenvalue weighted by Crippen LogP contribution is 1.97. The van der Waals surface area contributed by atoms with Gasteiger partial charge in [0.2, 0.25) is 0 Å². The summed E-state index contributed by atoms with van der Waals surface area (Å²) in [7, 11) is -0.902. The maximum atomic E-state index is 11.2. The van der Waals surface area contributed by atoms with Crippen molar-refractivity contribution in [3.63, 3.8) is 0 Å². The van der Waals surface area contributed by atoms with E-state index in [9.17, 15) is 8.42 Å². The van der Waals surface area contributed by atoms with Crippen LogP contribution in [-0.2, 0) is 9.84 Å². The molecule has 0 saturated heterocycles. The van der Waals surface area contributed by atoms with Gasteiger partial charge in [0, 0.05) is 18.8 Å². The Morgan fingerprint density at radius 1 is 1.43 bits per heavy atom. The molecule has 0 spiro atoms. The van der Waals surface area contributed by atoms with Gasteiger partial charge in [-0.25, -0.2) is 8.42 Å². The second kappa shape index (κ2) is 6.37. The second-order valence-corrected chi connectivity index (χ2v) is 6.31. The van der Waals surface area contributed by atoms with Gasteiger partial charge in [0.15, 0.2) is 9.84 Å². The molecule has 0 aliphatic carbocycles. The van der Waals surface area contributed by atoms with Gasteiger partial charge >= 0.3 is 0 Å². The minimum absolute atomic E-state index is 0.229. The van der Waals surface area contributed by atoms with E-state index >= 15 is 0 Å². The smallest absolute Gasteiger partial charge is 0.151 e. The van der Waals surface area contributed by atoms with Gasteiger partial charge in [-0.2, -0.15) is 0 Å². The van der Waals surface area contributed by atoms with E-state index in [2.05, 4.69) is 6.92 Å². The summed E-state index contributed by atoms with van der Waals surface area (Å²) >= 11 is 0. The second-order valence-electron chi connectivity index (χ2n) is 3.84. The monoisotopic (exact) mass is 222 g/mol. The van der Waals surface area contributed by atoms with Gasteiger partial charge in [0.05, 0.1) is 5.75 Å². The van der Waals surface area contributed by atoms with E-state index in [-0.39, 0.29) is 11.5 Å². The summed E-state index contributed by atoms with van der Waals surface area (Å²) in [6, 6.07) is 0. The van der Waals surface area contributed by atoms with E-state index in [1.165, 1.54) is 0 Å². The maximum absolute atomic E-state index is 11.2. The zero-order valence-electron chi connectivity index (χ0n) is 9.36. The molecule has 0 heterocycles. The third kappa shape index (κ3) is 6.34. The quantitative estimate of drug-likeness (QED) is 0.656. The first-order valence-electron chi connectivity index (χ1n) is 5.00. The fourth-order valence-corrected chi connectivity index (χ4v) is 2.02. The van der Waals surface area contributed by atoms with Gasteiger partial charge in [-0.15, -0.1) is 0 Å². The third-order valence-corrected chi connectivity index (χ3v) is 3.93. The van der Waals surface area contributed by atoms with Crippen molar-refractivity contribution in [2.24, 2.45) is 11.7 Å². The van der Waals surface area contributed by atoms with Gasteiger partial charge in [0.1, 0.15) is 0 Å². The fourth-order valence-electron chi connectivity index (χ4n) is 1.14. The van der Waals surface area contributed by atoms with Crippen molar-refractivity contribution in [1.82, 2.24) is 4.90 Å². The standard InChI is InChI=1S/C9H22N2O2S/c1-4-14(12,13)6-5-11(3)8-9(2)7-10/h9H,4-8,10H2,1-3H3. The third-order valence-electron chi connectivity index (χ3n) is 2.25. The number of rotatable bonds is 7. The Morgan fingerprint density at radius 2 is 2.00 bits per heavy atom. The Kier molecular flexibility index (Phi) is 6.31. The van der Waals surface area contributed by atoms with E-state index in [1.807, 2.05) is 11.9 Å². The maximum Gasteiger partial charge on any atom is 0.151 e.